The molecule has 1 aliphatic rings. The lowest BCUT2D eigenvalue weighted by atomic mass is 9.97. The fourth-order valence-corrected chi connectivity index (χ4v) is 4.72. The van der Waals surface area contributed by atoms with E-state index >= 15 is 0 Å². The molecule has 33 heavy (non-hydrogen) atoms. The van der Waals surface area contributed by atoms with Gasteiger partial charge < -0.3 is 9.73 Å². The minimum atomic E-state index is -0.775. The first kappa shape index (κ1) is 19.9. The summed E-state index contributed by atoms with van der Waals surface area (Å²) in [5.41, 5.74) is 3.84. The number of amidine groups is 2. The lowest BCUT2D eigenvalue weighted by Gasteiger charge is -2.33. The summed E-state index contributed by atoms with van der Waals surface area (Å²) in [5.74, 6) is 1.47. The molecule has 160 valence electrons. The van der Waals surface area contributed by atoms with Crippen LogP contribution in [0, 0.1) is 0 Å². The molecule has 0 aliphatic carbocycles. The van der Waals surface area contributed by atoms with Crippen molar-refractivity contribution in [3.8, 4) is 0 Å². The van der Waals surface area contributed by atoms with Crippen LogP contribution in [0.15, 0.2) is 116 Å². The number of halogens is 1. The molecule has 0 bridgehead atoms. The average molecular weight is 494 g/mol. The maximum absolute atomic E-state index is 6.37. The zero-order valence-electron chi connectivity index (χ0n) is 17.9. The van der Waals surface area contributed by atoms with Gasteiger partial charge in [-0.3, -0.25) is 0 Å². The normalized spacial score (nSPS) is 18.1. The van der Waals surface area contributed by atoms with Crippen LogP contribution in [0.5, 0.6) is 0 Å². The Morgan fingerprint density at radius 3 is 2.27 bits per heavy atom. The molecule has 5 heteroatoms. The molecule has 0 saturated heterocycles. The predicted molar refractivity (Wildman–Crippen MR) is 138 cm³/mol. The monoisotopic (exact) mass is 493 g/mol. The highest BCUT2D eigenvalue weighted by atomic mass is 79.9. The molecule has 4 nitrogen and oxygen atoms in total. The highest BCUT2D eigenvalue weighted by Gasteiger charge is 2.35. The zero-order valence-corrected chi connectivity index (χ0v) is 19.5. The molecule has 1 N–H and O–H groups in total. The lowest BCUT2D eigenvalue weighted by Crippen LogP contribution is -2.46. The van der Waals surface area contributed by atoms with Crippen molar-refractivity contribution in [3.63, 3.8) is 0 Å². The fraction of sp³-hybridized carbons (Fsp3) is 0.0714. The van der Waals surface area contributed by atoms with Crippen molar-refractivity contribution < 1.29 is 4.42 Å². The number of nitrogens with one attached hydrogen (secondary N) is 1. The van der Waals surface area contributed by atoms with Crippen LogP contribution in [-0.4, -0.2) is 11.7 Å². The second-order valence-corrected chi connectivity index (χ2v) is 9.17. The Hall–Kier alpha value is -3.70. The molecule has 0 fully saturated rings. The number of furan rings is 1. The number of para-hydroxylation sites is 1. The summed E-state index contributed by atoms with van der Waals surface area (Å²) in [4.78, 5) is 10.0. The number of aliphatic imine (C=N–C) groups is 2. The summed E-state index contributed by atoms with van der Waals surface area (Å²) in [6, 6.07) is 32.6. The van der Waals surface area contributed by atoms with E-state index in [1.807, 2.05) is 60.7 Å². The highest BCUT2D eigenvalue weighted by molar-refractivity contribution is 9.10. The molecule has 6 rings (SSSR count). The molecule has 1 aliphatic heterocycles. The van der Waals surface area contributed by atoms with Crippen LogP contribution in [0.4, 0.5) is 0 Å². The number of fused-ring (bicyclic) bond motifs is 3. The van der Waals surface area contributed by atoms with Gasteiger partial charge in [0.2, 0.25) is 0 Å². The van der Waals surface area contributed by atoms with Gasteiger partial charge in [0, 0.05) is 31.9 Å². The van der Waals surface area contributed by atoms with Crippen LogP contribution in [0.25, 0.3) is 21.9 Å². The van der Waals surface area contributed by atoms with Gasteiger partial charge in [0.25, 0.3) is 0 Å². The highest BCUT2D eigenvalue weighted by Crippen LogP contribution is 2.38. The standard InChI is InChI=1S/C28H20BrN3O/c1-28(23-14-8-13-21-22-17-20(29)15-16-24(22)33-25(21)23)31-26(18-9-4-2-5-10-18)30-27(32-28)19-11-6-3-7-12-19/h2-17H,1H3,(H,30,31,32). The van der Waals surface area contributed by atoms with Gasteiger partial charge in [0.1, 0.15) is 17.0 Å². The topological polar surface area (TPSA) is 49.9 Å². The summed E-state index contributed by atoms with van der Waals surface area (Å²) in [5, 5.41) is 5.74. The van der Waals surface area contributed by atoms with Crippen LogP contribution >= 0.6 is 15.9 Å². The molecule has 0 spiro atoms. The van der Waals surface area contributed by atoms with Crippen molar-refractivity contribution in [2.75, 3.05) is 0 Å². The molecule has 1 unspecified atom stereocenters. The van der Waals surface area contributed by atoms with Gasteiger partial charge in [-0.2, -0.15) is 0 Å². The molecule has 5 aromatic rings. The zero-order chi connectivity index (χ0) is 22.4. The maximum atomic E-state index is 6.37. The Morgan fingerprint density at radius 1 is 0.788 bits per heavy atom. The van der Waals surface area contributed by atoms with Crippen LogP contribution in [0.2, 0.25) is 0 Å². The van der Waals surface area contributed by atoms with E-state index in [4.69, 9.17) is 14.4 Å². The van der Waals surface area contributed by atoms with E-state index < -0.39 is 5.66 Å². The van der Waals surface area contributed by atoms with Gasteiger partial charge in [-0.25, -0.2) is 9.98 Å². The van der Waals surface area contributed by atoms with Crippen molar-refractivity contribution in [2.24, 2.45) is 9.98 Å². The molecule has 1 atom stereocenters. The van der Waals surface area contributed by atoms with Crippen molar-refractivity contribution in [1.82, 2.24) is 5.32 Å². The van der Waals surface area contributed by atoms with Crippen LogP contribution < -0.4 is 5.32 Å². The molecule has 2 heterocycles. The van der Waals surface area contributed by atoms with Gasteiger partial charge in [-0.05, 0) is 25.1 Å². The van der Waals surface area contributed by atoms with Crippen molar-refractivity contribution in [3.05, 3.63) is 118 Å². The first-order valence-corrected chi connectivity index (χ1v) is 11.6. The Labute approximate surface area is 199 Å². The summed E-state index contributed by atoms with van der Waals surface area (Å²) in [7, 11) is 0. The number of benzene rings is 4. The van der Waals surface area contributed by atoms with E-state index in [1.165, 1.54) is 0 Å². The Balaban J connectivity index is 1.58. The summed E-state index contributed by atoms with van der Waals surface area (Å²) in [6.07, 6.45) is 0. The molecule has 1 aromatic heterocycles. The van der Waals surface area contributed by atoms with Gasteiger partial charge in [0.05, 0.1) is 0 Å². The van der Waals surface area contributed by atoms with Crippen LogP contribution in [0.1, 0.15) is 23.6 Å². The second-order valence-electron chi connectivity index (χ2n) is 8.25. The predicted octanol–water partition coefficient (Wildman–Crippen LogP) is 7.02. The third-order valence-electron chi connectivity index (χ3n) is 5.97. The third kappa shape index (κ3) is 3.45. The minimum absolute atomic E-state index is 0.687. The van der Waals surface area contributed by atoms with Gasteiger partial charge in [-0.15, -0.1) is 0 Å². The Kier molecular flexibility index (Phi) is 4.66. The molecule has 0 radical (unpaired) electrons. The first-order valence-electron chi connectivity index (χ1n) is 10.8. The lowest BCUT2D eigenvalue weighted by molar-refractivity contribution is 0.452. The summed E-state index contributed by atoms with van der Waals surface area (Å²) >= 11 is 3.58. The smallest absolute Gasteiger partial charge is 0.160 e. The largest absolute Gasteiger partial charge is 0.456 e. The third-order valence-corrected chi connectivity index (χ3v) is 6.46. The summed E-state index contributed by atoms with van der Waals surface area (Å²) < 4.78 is 7.39. The second kappa shape index (κ2) is 7.71. The molecule has 4 aromatic carbocycles. The number of nitrogens with zero attached hydrogens (tertiary/aromatic N) is 2. The van der Waals surface area contributed by atoms with E-state index in [1.54, 1.807) is 0 Å². The molecular weight excluding hydrogens is 474 g/mol. The Bertz CT molecular complexity index is 1550. The van der Waals surface area contributed by atoms with Crippen molar-refractivity contribution in [1.29, 1.82) is 0 Å². The molecular formula is C28H20BrN3O. The minimum Gasteiger partial charge on any atom is -0.456 e. The average Bonchev–Trinajstić information content (AvgIpc) is 3.22. The van der Waals surface area contributed by atoms with E-state index in [-0.39, 0.29) is 0 Å². The first-order chi connectivity index (χ1) is 16.1. The van der Waals surface area contributed by atoms with Crippen LogP contribution in [0.3, 0.4) is 0 Å². The molecule has 0 amide bonds. The number of hydrogen-bond donors (Lipinski definition) is 1. The van der Waals surface area contributed by atoms with E-state index in [9.17, 15) is 0 Å². The maximum Gasteiger partial charge on any atom is 0.160 e. The number of hydrogen-bond acceptors (Lipinski definition) is 4. The van der Waals surface area contributed by atoms with E-state index in [0.717, 1.165) is 48.9 Å². The summed E-state index contributed by atoms with van der Waals surface area (Å²) in [6.45, 7) is 2.07. The Morgan fingerprint density at radius 2 is 1.52 bits per heavy atom. The van der Waals surface area contributed by atoms with E-state index in [0.29, 0.717) is 5.84 Å². The van der Waals surface area contributed by atoms with Crippen molar-refractivity contribution in [2.45, 2.75) is 12.6 Å². The van der Waals surface area contributed by atoms with Gasteiger partial charge in [-0.1, -0.05) is 94.8 Å². The van der Waals surface area contributed by atoms with Gasteiger partial charge in [0.15, 0.2) is 11.5 Å². The number of rotatable bonds is 3. The fourth-order valence-electron chi connectivity index (χ4n) is 4.36. The molecule has 0 saturated carbocycles. The van der Waals surface area contributed by atoms with E-state index in [2.05, 4.69) is 64.6 Å². The van der Waals surface area contributed by atoms with Crippen LogP contribution in [-0.2, 0) is 5.66 Å². The SMILES string of the molecule is CC1(c2cccc3c2oc2ccc(Br)cc23)N=C(c2ccccc2)N=C(c2ccccc2)N1. The van der Waals surface area contributed by atoms with Gasteiger partial charge >= 0.3 is 0 Å². The van der Waals surface area contributed by atoms with Crippen molar-refractivity contribution >= 4 is 49.5 Å². The quantitative estimate of drug-likeness (QED) is 0.293.